The molecule has 264 valence electrons. The Hall–Kier alpha value is -2.70. The van der Waals surface area contributed by atoms with Crippen LogP contribution in [0.15, 0.2) is 60.7 Å². The standard InChI is InChI=1S/C41H67N3O3/c1-2-3-4-5-6-7-8-9-10-11-12-13-14-15-16-23-31-42-32-30-40(45)44-39(36-38-27-21-18-22-28-38)41(46)43-33-35-47-34-24-29-37-25-19-17-20-26-37/h17-22,25-28,39,42H,2-16,23-24,29-36H2,1H3,(H,43,46)(H,44,45). The second-order valence-electron chi connectivity index (χ2n) is 13.1. The van der Waals surface area contributed by atoms with E-state index in [1.165, 1.54) is 102 Å². The van der Waals surface area contributed by atoms with Gasteiger partial charge < -0.3 is 20.7 Å². The topological polar surface area (TPSA) is 79.5 Å². The number of ether oxygens (including phenoxy) is 1. The predicted molar refractivity (Wildman–Crippen MR) is 198 cm³/mol. The van der Waals surface area contributed by atoms with E-state index in [1.807, 2.05) is 36.4 Å². The Labute approximate surface area is 287 Å². The second-order valence-corrected chi connectivity index (χ2v) is 13.1. The van der Waals surface area contributed by atoms with E-state index >= 15 is 0 Å². The van der Waals surface area contributed by atoms with Gasteiger partial charge in [-0.2, -0.15) is 0 Å². The van der Waals surface area contributed by atoms with Crippen molar-refractivity contribution >= 4 is 11.8 Å². The Morgan fingerprint density at radius 1 is 0.596 bits per heavy atom. The van der Waals surface area contributed by atoms with Crippen molar-refractivity contribution in [3.8, 4) is 0 Å². The van der Waals surface area contributed by atoms with E-state index in [-0.39, 0.29) is 11.8 Å². The molecule has 47 heavy (non-hydrogen) atoms. The number of aryl methyl sites for hydroxylation is 1. The van der Waals surface area contributed by atoms with Crippen LogP contribution in [0.2, 0.25) is 0 Å². The van der Waals surface area contributed by atoms with Crippen LogP contribution < -0.4 is 16.0 Å². The van der Waals surface area contributed by atoms with Crippen LogP contribution in [0.25, 0.3) is 0 Å². The maximum Gasteiger partial charge on any atom is 0.243 e. The zero-order valence-corrected chi connectivity index (χ0v) is 29.8. The van der Waals surface area contributed by atoms with Crippen LogP contribution in [0.3, 0.4) is 0 Å². The summed E-state index contributed by atoms with van der Waals surface area (Å²) < 4.78 is 5.72. The molecule has 2 aromatic rings. The van der Waals surface area contributed by atoms with Crippen LogP contribution in [0.1, 0.15) is 134 Å². The molecule has 3 N–H and O–H groups in total. The van der Waals surface area contributed by atoms with Crippen LogP contribution in [-0.2, 0) is 27.2 Å². The highest BCUT2D eigenvalue weighted by Gasteiger charge is 2.20. The number of amides is 2. The van der Waals surface area contributed by atoms with Gasteiger partial charge >= 0.3 is 0 Å². The summed E-state index contributed by atoms with van der Waals surface area (Å²) in [5.74, 6) is -0.270. The Bertz CT molecular complexity index is 1000. The average Bonchev–Trinajstić information content (AvgIpc) is 3.09. The van der Waals surface area contributed by atoms with Crippen molar-refractivity contribution in [1.82, 2.24) is 16.0 Å². The summed E-state index contributed by atoms with van der Waals surface area (Å²) >= 11 is 0. The van der Waals surface area contributed by atoms with E-state index in [4.69, 9.17) is 4.74 Å². The van der Waals surface area contributed by atoms with Crippen molar-refractivity contribution in [3.05, 3.63) is 71.8 Å². The smallest absolute Gasteiger partial charge is 0.243 e. The fourth-order valence-electron chi connectivity index (χ4n) is 5.95. The minimum atomic E-state index is -0.608. The van der Waals surface area contributed by atoms with Crippen LogP contribution in [-0.4, -0.2) is 50.7 Å². The summed E-state index contributed by atoms with van der Waals surface area (Å²) in [7, 11) is 0. The number of rotatable bonds is 31. The maximum absolute atomic E-state index is 13.0. The summed E-state index contributed by atoms with van der Waals surface area (Å²) in [4.78, 5) is 25.7. The van der Waals surface area contributed by atoms with Crippen LogP contribution in [0, 0.1) is 0 Å². The summed E-state index contributed by atoms with van der Waals surface area (Å²) in [6.45, 7) is 5.38. The molecule has 0 heterocycles. The van der Waals surface area contributed by atoms with Gasteiger partial charge in [0.1, 0.15) is 6.04 Å². The van der Waals surface area contributed by atoms with Crippen molar-refractivity contribution in [1.29, 1.82) is 0 Å². The Balaban J connectivity index is 1.47. The molecule has 0 aromatic heterocycles. The van der Waals surface area contributed by atoms with Gasteiger partial charge in [0.05, 0.1) is 6.61 Å². The van der Waals surface area contributed by atoms with Gasteiger partial charge in [-0.25, -0.2) is 0 Å². The summed E-state index contributed by atoms with van der Waals surface area (Å²) in [6.07, 6.45) is 24.7. The lowest BCUT2D eigenvalue weighted by atomic mass is 10.0. The molecular weight excluding hydrogens is 582 g/mol. The number of carbonyl (C=O) groups is 2. The first-order chi connectivity index (χ1) is 23.2. The molecule has 1 atom stereocenters. The quantitative estimate of drug-likeness (QED) is 0.0714. The molecular formula is C41H67N3O3. The lowest BCUT2D eigenvalue weighted by Crippen LogP contribution is -2.49. The highest BCUT2D eigenvalue weighted by Crippen LogP contribution is 2.13. The molecule has 0 aliphatic rings. The van der Waals surface area contributed by atoms with Gasteiger partial charge in [-0.15, -0.1) is 0 Å². The third-order valence-corrected chi connectivity index (χ3v) is 8.81. The number of hydrogen-bond acceptors (Lipinski definition) is 4. The molecule has 0 fully saturated rings. The number of hydrogen-bond donors (Lipinski definition) is 3. The van der Waals surface area contributed by atoms with Crippen LogP contribution in [0.4, 0.5) is 0 Å². The van der Waals surface area contributed by atoms with Gasteiger partial charge in [-0.05, 0) is 36.9 Å². The SMILES string of the molecule is CCCCCCCCCCCCCCCCCCNCCC(=O)NC(Cc1ccccc1)C(=O)NCCOCCCc1ccccc1. The third-order valence-electron chi connectivity index (χ3n) is 8.81. The van der Waals surface area contributed by atoms with Crippen LogP contribution >= 0.6 is 0 Å². The van der Waals surface area contributed by atoms with E-state index in [9.17, 15) is 9.59 Å². The van der Waals surface area contributed by atoms with Gasteiger partial charge in [0, 0.05) is 32.5 Å². The zero-order valence-electron chi connectivity index (χ0n) is 29.8. The summed E-state index contributed by atoms with van der Waals surface area (Å²) in [5.41, 5.74) is 2.33. The van der Waals surface area contributed by atoms with Gasteiger partial charge in [0.15, 0.2) is 0 Å². The first kappa shape index (κ1) is 40.5. The minimum Gasteiger partial charge on any atom is -0.380 e. The Morgan fingerprint density at radius 3 is 1.70 bits per heavy atom. The van der Waals surface area contributed by atoms with Gasteiger partial charge in [-0.1, -0.05) is 164 Å². The molecule has 2 aromatic carbocycles. The van der Waals surface area contributed by atoms with Crippen LogP contribution in [0.5, 0.6) is 0 Å². The Morgan fingerprint density at radius 2 is 1.13 bits per heavy atom. The molecule has 0 aliphatic carbocycles. The molecule has 2 rings (SSSR count). The lowest BCUT2D eigenvalue weighted by Gasteiger charge is -2.19. The van der Waals surface area contributed by atoms with Crippen molar-refractivity contribution in [2.24, 2.45) is 0 Å². The normalized spacial score (nSPS) is 11.8. The summed E-state index contributed by atoms with van der Waals surface area (Å²) in [6, 6.07) is 19.6. The average molecular weight is 650 g/mol. The molecule has 2 amide bonds. The van der Waals surface area contributed by atoms with Gasteiger partial charge in [0.25, 0.3) is 0 Å². The van der Waals surface area contributed by atoms with Crippen molar-refractivity contribution < 1.29 is 14.3 Å². The first-order valence-corrected chi connectivity index (χ1v) is 19.1. The van der Waals surface area contributed by atoms with E-state index in [0.717, 1.165) is 31.4 Å². The highest BCUT2D eigenvalue weighted by molar-refractivity contribution is 5.87. The third kappa shape index (κ3) is 23.3. The molecule has 6 heteroatoms. The fourth-order valence-corrected chi connectivity index (χ4v) is 5.95. The number of benzene rings is 2. The molecule has 0 aliphatic heterocycles. The Kier molecular flexibility index (Phi) is 25.4. The molecule has 0 bridgehead atoms. The van der Waals surface area contributed by atoms with Crippen molar-refractivity contribution in [2.75, 3.05) is 32.8 Å². The minimum absolute atomic E-state index is 0.0993. The molecule has 0 saturated carbocycles. The molecule has 0 saturated heterocycles. The molecule has 6 nitrogen and oxygen atoms in total. The predicted octanol–water partition coefficient (Wildman–Crippen LogP) is 8.72. The fraction of sp³-hybridized carbons (Fsp3) is 0.659. The first-order valence-electron chi connectivity index (χ1n) is 19.1. The molecule has 0 spiro atoms. The molecule has 1 unspecified atom stereocenters. The second kappa shape index (κ2) is 29.4. The molecule has 0 radical (unpaired) electrons. The van der Waals surface area contributed by atoms with Crippen molar-refractivity contribution in [3.63, 3.8) is 0 Å². The van der Waals surface area contributed by atoms with Gasteiger partial charge in [-0.3, -0.25) is 9.59 Å². The van der Waals surface area contributed by atoms with E-state index in [0.29, 0.717) is 39.1 Å². The monoisotopic (exact) mass is 650 g/mol. The number of carbonyl (C=O) groups excluding carboxylic acids is 2. The van der Waals surface area contributed by atoms with Crippen molar-refractivity contribution in [2.45, 2.75) is 141 Å². The zero-order chi connectivity index (χ0) is 33.5. The lowest BCUT2D eigenvalue weighted by molar-refractivity contribution is -0.129. The van der Waals surface area contributed by atoms with E-state index < -0.39 is 6.04 Å². The maximum atomic E-state index is 13.0. The highest BCUT2D eigenvalue weighted by atomic mass is 16.5. The van der Waals surface area contributed by atoms with E-state index in [2.05, 4.69) is 47.1 Å². The number of unbranched alkanes of at least 4 members (excludes halogenated alkanes) is 15. The van der Waals surface area contributed by atoms with E-state index in [1.54, 1.807) is 0 Å². The largest absolute Gasteiger partial charge is 0.380 e. The van der Waals surface area contributed by atoms with Gasteiger partial charge in [0.2, 0.25) is 11.8 Å². The summed E-state index contributed by atoms with van der Waals surface area (Å²) in [5, 5.41) is 9.33. The number of nitrogens with one attached hydrogen (secondary N) is 3.